The highest BCUT2D eigenvalue weighted by Gasteiger charge is 2.58. The number of carbonyl (C=O) groups excluding carboxylic acids is 2. The molecule has 2 aromatic carbocycles. The van der Waals surface area contributed by atoms with Gasteiger partial charge in [-0.15, -0.1) is 0 Å². The van der Waals surface area contributed by atoms with Crippen molar-refractivity contribution in [3.63, 3.8) is 0 Å². The number of hydrogen-bond acceptors (Lipinski definition) is 4. The van der Waals surface area contributed by atoms with Gasteiger partial charge in [-0.05, 0) is 81.8 Å². The normalized spacial score (nSPS) is 23.9. The second-order valence-corrected chi connectivity index (χ2v) is 10.6. The van der Waals surface area contributed by atoms with E-state index < -0.39 is 11.6 Å². The number of urea groups is 1. The molecular weight excluding hydrogens is 484 g/mol. The first-order valence-electron chi connectivity index (χ1n) is 11.1. The first-order valence-corrected chi connectivity index (χ1v) is 11.9. The summed E-state index contributed by atoms with van der Waals surface area (Å²) in [5.41, 5.74) is 2.84. The Labute approximate surface area is 203 Å². The lowest BCUT2D eigenvalue weighted by Crippen LogP contribution is -2.76. The number of rotatable bonds is 4. The number of hydrogen-bond donors (Lipinski definition) is 2. The van der Waals surface area contributed by atoms with E-state index in [1.54, 1.807) is 26.2 Å². The summed E-state index contributed by atoms with van der Waals surface area (Å²) < 4.78 is 6.47. The SMILES string of the molecule is CO[C@H]1CN(C(=O)Nc2ccc(Br)cc2)[C@@]1(C)C(=O)Nc1ccc2c(c1)CC(C)(C)N(C)C2. The summed E-state index contributed by atoms with van der Waals surface area (Å²) in [6.07, 6.45) is 0.515. The van der Waals surface area contributed by atoms with Gasteiger partial charge in [0, 0.05) is 35.0 Å². The number of carbonyl (C=O) groups is 2. The van der Waals surface area contributed by atoms with Crippen LogP contribution in [0.1, 0.15) is 31.9 Å². The monoisotopic (exact) mass is 514 g/mol. The Bertz CT molecular complexity index is 1070. The summed E-state index contributed by atoms with van der Waals surface area (Å²) in [5, 5.41) is 5.90. The fourth-order valence-corrected chi connectivity index (χ4v) is 4.80. The Morgan fingerprint density at radius 3 is 2.36 bits per heavy atom. The zero-order valence-electron chi connectivity index (χ0n) is 19.7. The number of halogens is 1. The fraction of sp³-hybridized carbons (Fsp3) is 0.440. The van der Waals surface area contributed by atoms with Crippen molar-refractivity contribution in [2.24, 2.45) is 0 Å². The van der Waals surface area contributed by atoms with E-state index in [1.807, 2.05) is 18.2 Å². The van der Waals surface area contributed by atoms with Crippen LogP contribution in [0.5, 0.6) is 0 Å². The van der Waals surface area contributed by atoms with Crippen LogP contribution < -0.4 is 10.6 Å². The maximum Gasteiger partial charge on any atom is 0.322 e. The third kappa shape index (κ3) is 4.39. The minimum atomic E-state index is -1.12. The Hall–Kier alpha value is -2.42. The van der Waals surface area contributed by atoms with Gasteiger partial charge < -0.3 is 20.3 Å². The average molecular weight is 515 g/mol. The van der Waals surface area contributed by atoms with Crippen molar-refractivity contribution >= 4 is 39.2 Å². The Balaban J connectivity index is 1.51. The van der Waals surface area contributed by atoms with E-state index in [1.165, 1.54) is 16.0 Å². The molecule has 0 saturated carbocycles. The van der Waals surface area contributed by atoms with Gasteiger partial charge in [-0.3, -0.25) is 9.69 Å². The molecule has 0 spiro atoms. The summed E-state index contributed by atoms with van der Waals surface area (Å²) >= 11 is 3.39. The number of anilines is 2. The van der Waals surface area contributed by atoms with Gasteiger partial charge in [-0.25, -0.2) is 4.79 Å². The van der Waals surface area contributed by atoms with E-state index in [-0.39, 0.29) is 17.5 Å². The van der Waals surface area contributed by atoms with E-state index in [9.17, 15) is 9.59 Å². The number of fused-ring (bicyclic) bond motifs is 1. The topological polar surface area (TPSA) is 73.9 Å². The van der Waals surface area contributed by atoms with Crippen LogP contribution in [0.4, 0.5) is 16.2 Å². The van der Waals surface area contributed by atoms with Gasteiger partial charge in [0.25, 0.3) is 5.91 Å². The maximum absolute atomic E-state index is 13.4. The van der Waals surface area contributed by atoms with Crippen LogP contribution in [0.25, 0.3) is 0 Å². The van der Waals surface area contributed by atoms with E-state index in [0.29, 0.717) is 12.2 Å². The predicted octanol–water partition coefficient (Wildman–Crippen LogP) is 4.48. The van der Waals surface area contributed by atoms with Crippen LogP contribution in [-0.4, -0.2) is 59.6 Å². The first kappa shape index (κ1) is 23.7. The number of methoxy groups -OCH3 is 1. The van der Waals surface area contributed by atoms with Crippen molar-refractivity contribution in [1.82, 2.24) is 9.80 Å². The molecule has 0 radical (unpaired) electrons. The number of ether oxygens (including phenoxy) is 1. The van der Waals surface area contributed by atoms with Crippen molar-refractivity contribution in [2.75, 3.05) is 31.3 Å². The summed E-state index contributed by atoms with van der Waals surface area (Å²) in [4.78, 5) is 30.3. The number of benzene rings is 2. The molecule has 1 saturated heterocycles. The summed E-state index contributed by atoms with van der Waals surface area (Å²) in [6, 6.07) is 13.0. The van der Waals surface area contributed by atoms with Gasteiger partial charge in [-0.2, -0.15) is 0 Å². The van der Waals surface area contributed by atoms with Gasteiger partial charge in [0.05, 0.1) is 6.54 Å². The molecule has 0 aliphatic carbocycles. The highest BCUT2D eigenvalue weighted by molar-refractivity contribution is 9.10. The van der Waals surface area contributed by atoms with Crippen molar-refractivity contribution in [3.05, 3.63) is 58.1 Å². The highest BCUT2D eigenvalue weighted by Crippen LogP contribution is 2.36. The number of nitrogens with one attached hydrogen (secondary N) is 2. The van der Waals surface area contributed by atoms with Crippen molar-refractivity contribution < 1.29 is 14.3 Å². The molecule has 2 aliphatic rings. The Morgan fingerprint density at radius 2 is 1.70 bits per heavy atom. The van der Waals surface area contributed by atoms with E-state index >= 15 is 0 Å². The molecule has 0 unspecified atom stereocenters. The van der Waals surface area contributed by atoms with E-state index in [2.05, 4.69) is 64.5 Å². The van der Waals surface area contributed by atoms with Crippen molar-refractivity contribution in [3.8, 4) is 0 Å². The Kier molecular flexibility index (Phi) is 6.28. The van der Waals surface area contributed by atoms with E-state index in [0.717, 1.165) is 23.1 Å². The van der Waals surface area contributed by atoms with Gasteiger partial charge in [0.15, 0.2) is 0 Å². The van der Waals surface area contributed by atoms with Crippen LogP contribution in [0.15, 0.2) is 46.9 Å². The minimum absolute atomic E-state index is 0.0542. The maximum atomic E-state index is 13.4. The predicted molar refractivity (Wildman–Crippen MR) is 133 cm³/mol. The number of nitrogens with zero attached hydrogens (tertiary/aromatic N) is 2. The van der Waals surface area contributed by atoms with Crippen LogP contribution in [-0.2, 0) is 22.5 Å². The number of likely N-dealkylation sites (tertiary alicyclic amines) is 1. The molecule has 7 nitrogen and oxygen atoms in total. The smallest absolute Gasteiger partial charge is 0.322 e. The molecule has 1 fully saturated rings. The molecule has 2 N–H and O–H groups in total. The zero-order valence-corrected chi connectivity index (χ0v) is 21.3. The largest absolute Gasteiger partial charge is 0.377 e. The van der Waals surface area contributed by atoms with Gasteiger partial charge in [-0.1, -0.05) is 22.0 Å². The molecular formula is C25H31BrN4O3. The highest BCUT2D eigenvalue weighted by atomic mass is 79.9. The lowest BCUT2D eigenvalue weighted by molar-refractivity contribution is -0.154. The summed E-state index contributed by atoms with van der Waals surface area (Å²) in [7, 11) is 3.70. The molecule has 176 valence electrons. The quantitative estimate of drug-likeness (QED) is 0.630. The van der Waals surface area contributed by atoms with Gasteiger partial charge in [0.2, 0.25) is 0 Å². The first-order chi connectivity index (χ1) is 15.5. The second kappa shape index (κ2) is 8.74. The molecule has 8 heteroatoms. The summed E-state index contributed by atoms with van der Waals surface area (Å²) in [6.45, 7) is 7.42. The molecule has 3 amide bonds. The zero-order chi connectivity index (χ0) is 24.0. The van der Waals surface area contributed by atoms with Crippen LogP contribution in [0.3, 0.4) is 0 Å². The fourth-order valence-electron chi connectivity index (χ4n) is 4.54. The molecule has 4 rings (SSSR count). The second-order valence-electron chi connectivity index (χ2n) is 9.70. The molecule has 0 aromatic heterocycles. The number of amides is 3. The average Bonchev–Trinajstić information content (AvgIpc) is 2.75. The summed E-state index contributed by atoms with van der Waals surface area (Å²) in [5.74, 6) is -0.265. The minimum Gasteiger partial charge on any atom is -0.377 e. The van der Waals surface area contributed by atoms with Crippen LogP contribution in [0.2, 0.25) is 0 Å². The van der Waals surface area contributed by atoms with Crippen LogP contribution in [0, 0.1) is 0 Å². The van der Waals surface area contributed by atoms with Gasteiger partial charge >= 0.3 is 6.03 Å². The van der Waals surface area contributed by atoms with Crippen molar-refractivity contribution in [1.29, 1.82) is 0 Å². The van der Waals surface area contributed by atoms with Crippen LogP contribution >= 0.6 is 15.9 Å². The molecule has 33 heavy (non-hydrogen) atoms. The third-order valence-electron chi connectivity index (χ3n) is 7.15. The molecule has 2 aromatic rings. The van der Waals surface area contributed by atoms with E-state index in [4.69, 9.17) is 4.74 Å². The standard InChI is InChI=1S/C25H31BrN4O3/c1-24(2)13-17-12-20(9-6-16(17)14-29(24)4)27-22(31)25(3)21(33-5)15-30(25)23(32)28-19-10-7-18(26)8-11-19/h6-12,21H,13-15H2,1-5H3,(H,27,31)(H,28,32)/t21-,25+/m0/s1. The molecule has 2 aliphatic heterocycles. The molecule has 2 heterocycles. The molecule has 0 bridgehead atoms. The van der Waals surface area contributed by atoms with Gasteiger partial charge in [0.1, 0.15) is 11.6 Å². The number of likely N-dealkylation sites (N-methyl/N-ethyl adjacent to an activating group) is 1. The third-order valence-corrected chi connectivity index (χ3v) is 7.68. The lowest BCUT2D eigenvalue weighted by Gasteiger charge is -2.53. The Morgan fingerprint density at radius 1 is 1.03 bits per heavy atom. The molecule has 2 atom stereocenters. The van der Waals surface area contributed by atoms with Crippen molar-refractivity contribution in [2.45, 2.75) is 50.9 Å². The lowest BCUT2D eigenvalue weighted by atomic mass is 9.82.